The van der Waals surface area contributed by atoms with Gasteiger partial charge in [-0.3, -0.25) is 4.79 Å². The van der Waals surface area contributed by atoms with Crippen molar-refractivity contribution in [1.29, 1.82) is 0 Å². The molecule has 0 aliphatic carbocycles. The van der Waals surface area contributed by atoms with Crippen LogP contribution < -0.4 is 10.1 Å². The molecule has 0 fully saturated rings. The number of carbonyl (C=O) groups is 1. The Balaban J connectivity index is 2.14. The number of H-pyrrole nitrogens is 1. The van der Waals surface area contributed by atoms with Crippen LogP contribution in [0.15, 0.2) is 30.7 Å². The molecule has 0 radical (unpaired) electrons. The van der Waals surface area contributed by atoms with Gasteiger partial charge in [-0.15, -0.1) is 0 Å². The second-order valence-corrected chi connectivity index (χ2v) is 3.68. The summed E-state index contributed by atoms with van der Waals surface area (Å²) in [6.07, 6.45) is 2.89. The van der Waals surface area contributed by atoms with Crippen molar-refractivity contribution in [1.82, 2.24) is 9.97 Å². The first-order valence-corrected chi connectivity index (χ1v) is 5.22. The van der Waals surface area contributed by atoms with E-state index in [1.165, 1.54) is 19.6 Å². The lowest BCUT2D eigenvalue weighted by Crippen LogP contribution is -2.12. The lowest BCUT2D eigenvalue weighted by Gasteiger charge is -2.06. The van der Waals surface area contributed by atoms with Gasteiger partial charge in [0.05, 0.1) is 24.7 Å². The quantitative estimate of drug-likeness (QED) is 0.880. The van der Waals surface area contributed by atoms with Crippen molar-refractivity contribution in [3.05, 3.63) is 41.4 Å². The number of halogens is 1. The molecule has 0 spiro atoms. The minimum atomic E-state index is -0.274. The summed E-state index contributed by atoms with van der Waals surface area (Å²) in [4.78, 5) is 18.2. The summed E-state index contributed by atoms with van der Waals surface area (Å²) in [7, 11) is 1.53. The molecule has 1 aromatic carbocycles. The van der Waals surface area contributed by atoms with E-state index in [-0.39, 0.29) is 5.91 Å². The minimum absolute atomic E-state index is 0.274. The van der Waals surface area contributed by atoms with E-state index in [4.69, 9.17) is 16.3 Å². The van der Waals surface area contributed by atoms with E-state index in [2.05, 4.69) is 15.3 Å². The molecular weight excluding hydrogens is 242 g/mol. The maximum Gasteiger partial charge on any atom is 0.273 e. The molecular formula is C11H10ClN3O2. The third-order valence-electron chi connectivity index (χ3n) is 2.15. The topological polar surface area (TPSA) is 67.0 Å². The zero-order valence-corrected chi connectivity index (χ0v) is 9.78. The van der Waals surface area contributed by atoms with Crippen molar-refractivity contribution in [3.8, 4) is 5.75 Å². The fourth-order valence-corrected chi connectivity index (χ4v) is 1.58. The van der Waals surface area contributed by atoms with E-state index in [1.54, 1.807) is 18.2 Å². The molecule has 0 saturated carbocycles. The number of amides is 1. The number of aromatic amines is 1. The number of nitrogens with zero attached hydrogens (tertiary/aromatic N) is 1. The first-order chi connectivity index (χ1) is 8.20. The monoisotopic (exact) mass is 251 g/mol. The number of methoxy groups -OCH3 is 1. The summed E-state index contributed by atoms with van der Waals surface area (Å²) >= 11 is 5.94. The Bertz CT molecular complexity index is 526. The standard InChI is InChI=1S/C11H10ClN3O2/c1-17-10-3-2-7(4-8(10)12)15-11(16)9-5-13-6-14-9/h2-6H,1H3,(H,13,14)(H,15,16). The molecule has 0 aliphatic rings. The molecule has 2 aromatic rings. The molecule has 17 heavy (non-hydrogen) atoms. The summed E-state index contributed by atoms with van der Waals surface area (Å²) in [5.74, 6) is 0.287. The van der Waals surface area contributed by atoms with E-state index in [0.29, 0.717) is 22.2 Å². The van der Waals surface area contributed by atoms with Crippen LogP contribution in [0.5, 0.6) is 5.75 Å². The van der Waals surface area contributed by atoms with E-state index < -0.39 is 0 Å². The summed E-state index contributed by atoms with van der Waals surface area (Å²) in [6.45, 7) is 0. The third-order valence-corrected chi connectivity index (χ3v) is 2.45. The highest BCUT2D eigenvalue weighted by Gasteiger charge is 2.08. The predicted molar refractivity (Wildman–Crippen MR) is 64.5 cm³/mol. The Labute approximate surface area is 103 Å². The van der Waals surface area contributed by atoms with Crippen LogP contribution in [0.3, 0.4) is 0 Å². The fourth-order valence-electron chi connectivity index (χ4n) is 1.32. The molecule has 0 unspecified atom stereocenters. The van der Waals surface area contributed by atoms with Crippen LogP contribution in [0.4, 0.5) is 5.69 Å². The number of hydrogen-bond acceptors (Lipinski definition) is 3. The van der Waals surface area contributed by atoms with Crippen LogP contribution in [0, 0.1) is 0 Å². The van der Waals surface area contributed by atoms with Gasteiger partial charge >= 0.3 is 0 Å². The highest BCUT2D eigenvalue weighted by Crippen LogP contribution is 2.27. The third kappa shape index (κ3) is 2.57. The molecule has 1 aromatic heterocycles. The Hall–Kier alpha value is -2.01. The van der Waals surface area contributed by atoms with Crippen molar-refractivity contribution in [2.75, 3.05) is 12.4 Å². The molecule has 0 atom stereocenters. The summed E-state index contributed by atoms with van der Waals surface area (Å²) in [6, 6.07) is 5.01. The number of nitrogens with one attached hydrogen (secondary N) is 2. The number of rotatable bonds is 3. The highest BCUT2D eigenvalue weighted by atomic mass is 35.5. The summed E-state index contributed by atoms with van der Waals surface area (Å²) < 4.78 is 5.02. The molecule has 1 amide bonds. The molecule has 0 saturated heterocycles. The van der Waals surface area contributed by atoms with Gasteiger partial charge in [-0.2, -0.15) is 0 Å². The van der Waals surface area contributed by atoms with Gasteiger partial charge in [0, 0.05) is 5.69 Å². The fraction of sp³-hybridized carbons (Fsp3) is 0.0909. The Morgan fingerprint density at radius 2 is 2.35 bits per heavy atom. The molecule has 5 nitrogen and oxygen atoms in total. The van der Waals surface area contributed by atoms with Crippen LogP contribution in [0.25, 0.3) is 0 Å². The van der Waals surface area contributed by atoms with Crippen LogP contribution in [-0.4, -0.2) is 23.0 Å². The van der Waals surface area contributed by atoms with Crippen molar-refractivity contribution in [2.24, 2.45) is 0 Å². The largest absolute Gasteiger partial charge is 0.495 e. The maximum atomic E-state index is 11.7. The molecule has 1 heterocycles. The average molecular weight is 252 g/mol. The van der Waals surface area contributed by atoms with Gasteiger partial charge in [0.25, 0.3) is 5.91 Å². The average Bonchev–Trinajstić information content (AvgIpc) is 2.82. The summed E-state index contributed by atoms with van der Waals surface area (Å²) in [5, 5.41) is 3.13. The van der Waals surface area contributed by atoms with E-state index in [1.807, 2.05) is 0 Å². The Morgan fingerprint density at radius 3 is 2.94 bits per heavy atom. The minimum Gasteiger partial charge on any atom is -0.495 e. The van der Waals surface area contributed by atoms with Crippen molar-refractivity contribution in [3.63, 3.8) is 0 Å². The second-order valence-electron chi connectivity index (χ2n) is 3.27. The number of ether oxygens (including phenoxy) is 1. The summed E-state index contributed by atoms with van der Waals surface area (Å²) in [5.41, 5.74) is 0.979. The SMILES string of the molecule is COc1ccc(NC(=O)c2cnc[nH]2)cc1Cl. The Morgan fingerprint density at radius 1 is 1.53 bits per heavy atom. The van der Waals surface area contributed by atoms with Gasteiger partial charge in [0.1, 0.15) is 11.4 Å². The van der Waals surface area contributed by atoms with Gasteiger partial charge in [-0.25, -0.2) is 4.98 Å². The molecule has 2 rings (SSSR count). The van der Waals surface area contributed by atoms with Crippen molar-refractivity contribution in [2.45, 2.75) is 0 Å². The highest BCUT2D eigenvalue weighted by molar-refractivity contribution is 6.32. The predicted octanol–water partition coefficient (Wildman–Crippen LogP) is 2.32. The van der Waals surface area contributed by atoms with Gasteiger partial charge < -0.3 is 15.0 Å². The molecule has 2 N–H and O–H groups in total. The normalized spacial score (nSPS) is 10.0. The Kier molecular flexibility index (Phi) is 3.30. The van der Waals surface area contributed by atoms with Crippen LogP contribution in [0.1, 0.15) is 10.5 Å². The number of hydrogen-bond donors (Lipinski definition) is 2. The zero-order valence-electron chi connectivity index (χ0n) is 9.03. The number of anilines is 1. The van der Waals surface area contributed by atoms with Crippen LogP contribution in [0.2, 0.25) is 5.02 Å². The number of benzene rings is 1. The van der Waals surface area contributed by atoms with Crippen LogP contribution >= 0.6 is 11.6 Å². The lowest BCUT2D eigenvalue weighted by atomic mass is 10.3. The molecule has 0 bridgehead atoms. The number of imidazole rings is 1. The van der Waals surface area contributed by atoms with Gasteiger partial charge in [0.15, 0.2) is 0 Å². The van der Waals surface area contributed by atoms with Gasteiger partial charge in [-0.05, 0) is 18.2 Å². The molecule has 88 valence electrons. The molecule has 6 heteroatoms. The van der Waals surface area contributed by atoms with E-state index >= 15 is 0 Å². The smallest absolute Gasteiger partial charge is 0.273 e. The van der Waals surface area contributed by atoms with Gasteiger partial charge in [-0.1, -0.05) is 11.6 Å². The number of aromatic nitrogens is 2. The maximum absolute atomic E-state index is 11.7. The number of carbonyl (C=O) groups excluding carboxylic acids is 1. The molecule has 0 aliphatic heterocycles. The first kappa shape index (κ1) is 11.5. The van der Waals surface area contributed by atoms with Crippen LogP contribution in [-0.2, 0) is 0 Å². The zero-order chi connectivity index (χ0) is 12.3. The van der Waals surface area contributed by atoms with E-state index in [0.717, 1.165) is 0 Å². The van der Waals surface area contributed by atoms with Gasteiger partial charge in [0.2, 0.25) is 0 Å². The first-order valence-electron chi connectivity index (χ1n) is 4.84. The van der Waals surface area contributed by atoms with E-state index in [9.17, 15) is 4.79 Å². The van der Waals surface area contributed by atoms with Crippen molar-refractivity contribution >= 4 is 23.2 Å². The lowest BCUT2D eigenvalue weighted by molar-refractivity contribution is 0.102. The second kappa shape index (κ2) is 4.88. The van der Waals surface area contributed by atoms with Crippen molar-refractivity contribution < 1.29 is 9.53 Å².